The molecule has 0 N–H and O–H groups in total. The van der Waals surface area contributed by atoms with Crippen LogP contribution >= 0.6 is 0 Å². The van der Waals surface area contributed by atoms with Crippen LogP contribution < -0.4 is 0 Å². The first-order valence-electron chi connectivity index (χ1n) is 19.8. The number of hydrogen-bond donors (Lipinski definition) is 0. The second kappa shape index (κ2) is 14.5. The van der Waals surface area contributed by atoms with Crippen LogP contribution in [0.4, 0.5) is 0 Å². The number of nitrogens with zero attached hydrogens (tertiary/aromatic N) is 3. The van der Waals surface area contributed by atoms with Gasteiger partial charge in [-0.3, -0.25) is 0 Å². The Hall–Kier alpha value is -7.95. The van der Waals surface area contributed by atoms with Crippen molar-refractivity contribution in [1.29, 1.82) is 0 Å². The molecule has 4 nitrogen and oxygen atoms in total. The van der Waals surface area contributed by atoms with Crippen LogP contribution in [0.1, 0.15) is 0 Å². The highest BCUT2D eigenvalue weighted by molar-refractivity contribution is 6.13. The van der Waals surface area contributed by atoms with Crippen molar-refractivity contribution in [2.24, 2.45) is 0 Å². The summed E-state index contributed by atoms with van der Waals surface area (Å²) in [5.41, 5.74) is 13.7. The molecule has 2 heterocycles. The molecule has 0 spiro atoms. The molecular formula is C55H35N3O. The van der Waals surface area contributed by atoms with Gasteiger partial charge in [0.15, 0.2) is 17.5 Å². The molecule has 276 valence electrons. The third-order valence-corrected chi connectivity index (χ3v) is 11.2. The van der Waals surface area contributed by atoms with E-state index in [1.165, 1.54) is 33.0 Å². The fourth-order valence-electron chi connectivity index (χ4n) is 8.18. The zero-order valence-corrected chi connectivity index (χ0v) is 32.0. The fourth-order valence-corrected chi connectivity index (χ4v) is 8.18. The van der Waals surface area contributed by atoms with Gasteiger partial charge in [0.05, 0.1) is 0 Å². The Morgan fingerprint density at radius 1 is 0.271 bits per heavy atom. The lowest BCUT2D eigenvalue weighted by Gasteiger charge is -2.10. The highest BCUT2D eigenvalue weighted by Crippen LogP contribution is 2.40. The molecule has 0 saturated heterocycles. The summed E-state index contributed by atoms with van der Waals surface area (Å²) in [5.74, 6) is 1.81. The van der Waals surface area contributed by atoms with Crippen LogP contribution in [-0.4, -0.2) is 15.0 Å². The predicted octanol–water partition coefficient (Wildman–Crippen LogP) is 14.6. The third-order valence-electron chi connectivity index (χ3n) is 11.2. The van der Waals surface area contributed by atoms with E-state index in [0.29, 0.717) is 17.5 Å². The lowest BCUT2D eigenvalue weighted by atomic mass is 9.95. The molecule has 11 aromatic rings. The molecule has 11 rings (SSSR count). The largest absolute Gasteiger partial charge is 0.456 e. The van der Waals surface area contributed by atoms with Gasteiger partial charge >= 0.3 is 0 Å². The molecule has 0 aliphatic rings. The minimum Gasteiger partial charge on any atom is -0.456 e. The van der Waals surface area contributed by atoms with Gasteiger partial charge in [-0.05, 0) is 79.5 Å². The summed E-state index contributed by atoms with van der Waals surface area (Å²) >= 11 is 0. The maximum atomic E-state index is 6.59. The van der Waals surface area contributed by atoms with Gasteiger partial charge in [-0.2, -0.15) is 0 Å². The fraction of sp³-hybridized carbons (Fsp3) is 0. The topological polar surface area (TPSA) is 51.8 Å². The molecular weight excluding hydrogens is 719 g/mol. The van der Waals surface area contributed by atoms with Crippen LogP contribution in [0.3, 0.4) is 0 Å². The first kappa shape index (κ1) is 34.3. The molecule has 0 unspecified atom stereocenters. The minimum absolute atomic E-state index is 0.584. The molecule has 0 radical (unpaired) electrons. The van der Waals surface area contributed by atoms with Crippen molar-refractivity contribution in [3.8, 4) is 78.7 Å². The van der Waals surface area contributed by atoms with Crippen molar-refractivity contribution in [3.63, 3.8) is 0 Å². The number of fused-ring (bicyclic) bond motifs is 4. The summed E-state index contributed by atoms with van der Waals surface area (Å²) in [6.45, 7) is 0. The Morgan fingerprint density at radius 2 is 0.763 bits per heavy atom. The Kier molecular flexibility index (Phi) is 8.45. The van der Waals surface area contributed by atoms with Crippen molar-refractivity contribution in [2.75, 3.05) is 0 Å². The van der Waals surface area contributed by atoms with Gasteiger partial charge in [-0.15, -0.1) is 0 Å². The van der Waals surface area contributed by atoms with E-state index >= 15 is 0 Å². The third kappa shape index (κ3) is 6.43. The van der Waals surface area contributed by atoms with Crippen LogP contribution in [0.5, 0.6) is 0 Å². The van der Waals surface area contributed by atoms with Crippen molar-refractivity contribution < 1.29 is 4.42 Å². The van der Waals surface area contributed by atoms with E-state index in [-0.39, 0.29) is 0 Å². The normalized spacial score (nSPS) is 11.4. The number of furan rings is 1. The quantitative estimate of drug-likeness (QED) is 0.163. The van der Waals surface area contributed by atoms with Crippen LogP contribution in [0.15, 0.2) is 217 Å². The van der Waals surface area contributed by atoms with Gasteiger partial charge < -0.3 is 4.42 Å². The van der Waals surface area contributed by atoms with Gasteiger partial charge in [0.25, 0.3) is 0 Å². The van der Waals surface area contributed by atoms with E-state index in [1.807, 2.05) is 42.5 Å². The molecule has 0 atom stereocenters. The predicted molar refractivity (Wildman–Crippen MR) is 243 cm³/mol. The van der Waals surface area contributed by atoms with E-state index < -0.39 is 0 Å². The lowest BCUT2D eigenvalue weighted by Crippen LogP contribution is -2.00. The molecule has 0 aliphatic carbocycles. The summed E-state index contributed by atoms with van der Waals surface area (Å²) in [6, 6.07) is 74.1. The van der Waals surface area contributed by atoms with Crippen molar-refractivity contribution in [3.05, 3.63) is 212 Å². The molecule has 0 bridgehead atoms. The average Bonchev–Trinajstić information content (AvgIpc) is 3.70. The minimum atomic E-state index is 0.584. The monoisotopic (exact) mass is 753 g/mol. The Labute approximate surface area is 341 Å². The van der Waals surface area contributed by atoms with Gasteiger partial charge in [0.2, 0.25) is 0 Å². The molecule has 2 aromatic heterocycles. The number of rotatable bonds is 7. The van der Waals surface area contributed by atoms with Crippen LogP contribution in [0.2, 0.25) is 0 Å². The molecule has 0 aliphatic heterocycles. The van der Waals surface area contributed by atoms with Gasteiger partial charge in [0, 0.05) is 27.5 Å². The number of benzene rings is 9. The summed E-state index contributed by atoms with van der Waals surface area (Å²) in [7, 11) is 0. The van der Waals surface area contributed by atoms with Crippen LogP contribution in [0, 0.1) is 0 Å². The number of aromatic nitrogens is 3. The maximum Gasteiger partial charge on any atom is 0.164 e. The zero-order chi connectivity index (χ0) is 39.1. The van der Waals surface area contributed by atoms with Crippen LogP contribution in [-0.2, 0) is 0 Å². The molecule has 59 heavy (non-hydrogen) atoms. The Bertz CT molecular complexity index is 3290. The summed E-state index contributed by atoms with van der Waals surface area (Å²) in [6.07, 6.45) is 0. The Balaban J connectivity index is 0.965. The average molecular weight is 754 g/mol. The SMILES string of the molecule is c1ccc(-c2ccc(-c3cccc(-c4cccc5oc6cc(-c7nc(-c8ccccc8)nc(-c8ccc(-c9cccc%10ccccc9%10)cc8)n7)ccc6c45)c3)cc2)cc1. The van der Waals surface area contributed by atoms with Gasteiger partial charge in [-0.1, -0.05) is 188 Å². The second-order valence-corrected chi connectivity index (χ2v) is 14.8. The summed E-state index contributed by atoms with van der Waals surface area (Å²) in [4.78, 5) is 15.1. The Morgan fingerprint density at radius 3 is 1.53 bits per heavy atom. The second-order valence-electron chi connectivity index (χ2n) is 14.8. The highest BCUT2D eigenvalue weighted by Gasteiger charge is 2.17. The molecule has 0 saturated carbocycles. The first-order valence-corrected chi connectivity index (χ1v) is 19.8. The van der Waals surface area contributed by atoms with E-state index in [9.17, 15) is 0 Å². The summed E-state index contributed by atoms with van der Waals surface area (Å²) < 4.78 is 6.59. The molecule has 4 heteroatoms. The van der Waals surface area contributed by atoms with Gasteiger partial charge in [0.1, 0.15) is 11.2 Å². The van der Waals surface area contributed by atoms with E-state index in [1.54, 1.807) is 0 Å². The maximum absolute atomic E-state index is 6.59. The molecule has 9 aromatic carbocycles. The van der Waals surface area contributed by atoms with E-state index in [2.05, 4.69) is 170 Å². The lowest BCUT2D eigenvalue weighted by molar-refractivity contribution is 0.669. The standard InChI is InChI=1S/C55H35N3O/c1-3-12-36(13-4-1)37-24-26-38(27-25-37)43-18-9-19-44(34-43)48-22-11-23-50-52(48)49-33-32-45(35-51(49)59-50)55-57-53(41-15-5-2-6-16-41)56-54(58-55)42-30-28-40(29-31-42)47-21-10-17-39-14-7-8-20-46(39)47/h1-35H. The van der Waals surface area contributed by atoms with Crippen molar-refractivity contribution >= 4 is 32.7 Å². The molecule has 0 amide bonds. The summed E-state index contributed by atoms with van der Waals surface area (Å²) in [5, 5.41) is 4.57. The number of hydrogen-bond acceptors (Lipinski definition) is 4. The smallest absolute Gasteiger partial charge is 0.164 e. The van der Waals surface area contributed by atoms with Crippen molar-refractivity contribution in [2.45, 2.75) is 0 Å². The van der Waals surface area contributed by atoms with Crippen molar-refractivity contribution in [1.82, 2.24) is 15.0 Å². The van der Waals surface area contributed by atoms with Crippen LogP contribution in [0.25, 0.3) is 111 Å². The van der Waals surface area contributed by atoms with E-state index in [0.717, 1.165) is 60.9 Å². The first-order chi connectivity index (χ1) is 29.2. The molecule has 0 fully saturated rings. The highest BCUT2D eigenvalue weighted by atomic mass is 16.3. The zero-order valence-electron chi connectivity index (χ0n) is 32.0. The van der Waals surface area contributed by atoms with Gasteiger partial charge in [-0.25, -0.2) is 15.0 Å². The van der Waals surface area contributed by atoms with E-state index in [4.69, 9.17) is 19.4 Å².